The highest BCUT2D eigenvalue weighted by Gasteiger charge is 2.22. The summed E-state index contributed by atoms with van der Waals surface area (Å²) >= 11 is 5.84. The fourth-order valence-electron chi connectivity index (χ4n) is 2.17. The van der Waals surface area contributed by atoms with Gasteiger partial charge < -0.3 is 15.2 Å². The van der Waals surface area contributed by atoms with Crippen molar-refractivity contribution in [3.63, 3.8) is 0 Å². The first kappa shape index (κ1) is 21.6. The van der Waals surface area contributed by atoms with E-state index in [1.807, 2.05) is 0 Å². The van der Waals surface area contributed by atoms with Gasteiger partial charge in [0.15, 0.2) is 0 Å². The standard InChI is InChI=1S/C18H21ClFNO5/c1-2-16(22)21-8-4-3-5-12(18(24)25)9-17(23)26-11-13-6-7-14(20)10-15(13)19/h2,6-7,10,12H,1,3-5,8-9,11H2,(H,21,22)(H,24,25)/t12-/m1/s1. The number of amides is 1. The molecule has 1 aromatic carbocycles. The molecule has 142 valence electrons. The molecule has 6 nitrogen and oxygen atoms in total. The summed E-state index contributed by atoms with van der Waals surface area (Å²) in [6.45, 7) is 3.58. The quantitative estimate of drug-likeness (QED) is 0.347. The first-order chi connectivity index (χ1) is 12.3. The largest absolute Gasteiger partial charge is 0.481 e. The number of hydrogen-bond acceptors (Lipinski definition) is 4. The number of halogens is 2. The van der Waals surface area contributed by atoms with Crippen LogP contribution in [0.3, 0.4) is 0 Å². The average molecular weight is 386 g/mol. The number of rotatable bonds is 11. The van der Waals surface area contributed by atoms with Crippen molar-refractivity contribution in [3.8, 4) is 0 Å². The smallest absolute Gasteiger partial charge is 0.307 e. The van der Waals surface area contributed by atoms with Gasteiger partial charge in [0.25, 0.3) is 0 Å². The topological polar surface area (TPSA) is 92.7 Å². The molecule has 0 aliphatic rings. The Balaban J connectivity index is 2.38. The Morgan fingerprint density at radius 3 is 2.69 bits per heavy atom. The van der Waals surface area contributed by atoms with Crippen LogP contribution in [0, 0.1) is 11.7 Å². The molecule has 0 unspecified atom stereocenters. The monoisotopic (exact) mass is 385 g/mol. The van der Waals surface area contributed by atoms with Gasteiger partial charge in [0.1, 0.15) is 12.4 Å². The Bertz CT molecular complexity index is 665. The van der Waals surface area contributed by atoms with Crippen LogP contribution in [0.25, 0.3) is 0 Å². The number of hydrogen-bond donors (Lipinski definition) is 2. The molecule has 0 aliphatic carbocycles. The molecule has 0 spiro atoms. The van der Waals surface area contributed by atoms with Gasteiger partial charge in [-0.25, -0.2) is 4.39 Å². The molecule has 0 heterocycles. The number of benzene rings is 1. The van der Waals surface area contributed by atoms with E-state index in [0.717, 1.165) is 12.1 Å². The summed E-state index contributed by atoms with van der Waals surface area (Å²) in [5, 5.41) is 11.9. The van der Waals surface area contributed by atoms with E-state index >= 15 is 0 Å². The first-order valence-corrected chi connectivity index (χ1v) is 8.44. The van der Waals surface area contributed by atoms with Gasteiger partial charge in [-0.3, -0.25) is 14.4 Å². The number of carbonyl (C=O) groups excluding carboxylic acids is 2. The zero-order chi connectivity index (χ0) is 19.5. The fraction of sp³-hybridized carbons (Fsp3) is 0.389. The summed E-state index contributed by atoms with van der Waals surface area (Å²) in [7, 11) is 0. The maximum absolute atomic E-state index is 13.0. The summed E-state index contributed by atoms with van der Waals surface area (Å²) < 4.78 is 18.0. The van der Waals surface area contributed by atoms with Gasteiger partial charge >= 0.3 is 11.9 Å². The second-order valence-corrected chi connectivity index (χ2v) is 6.03. The third-order valence-electron chi connectivity index (χ3n) is 3.63. The van der Waals surface area contributed by atoms with Gasteiger partial charge in [-0.05, 0) is 31.1 Å². The third-order valence-corrected chi connectivity index (χ3v) is 3.98. The summed E-state index contributed by atoms with van der Waals surface area (Å²) in [6, 6.07) is 3.70. The van der Waals surface area contributed by atoms with Gasteiger partial charge in [-0.15, -0.1) is 0 Å². The van der Waals surface area contributed by atoms with Crippen LogP contribution in [0.15, 0.2) is 30.9 Å². The molecule has 0 saturated carbocycles. The van der Waals surface area contributed by atoms with Crippen LogP contribution < -0.4 is 5.32 Å². The van der Waals surface area contributed by atoms with E-state index in [1.54, 1.807) is 0 Å². The second kappa shape index (κ2) is 11.3. The SMILES string of the molecule is C=CC(=O)NCCCC[C@H](CC(=O)OCc1ccc(F)cc1Cl)C(=O)O. The van der Waals surface area contributed by atoms with Gasteiger partial charge in [0.05, 0.1) is 17.4 Å². The van der Waals surface area contributed by atoms with E-state index in [0.29, 0.717) is 24.9 Å². The van der Waals surface area contributed by atoms with Crippen LogP contribution in [-0.2, 0) is 25.7 Å². The van der Waals surface area contributed by atoms with Gasteiger partial charge in [-0.1, -0.05) is 30.7 Å². The molecule has 1 rings (SSSR count). The van der Waals surface area contributed by atoms with Crippen molar-refractivity contribution in [2.24, 2.45) is 5.92 Å². The number of carbonyl (C=O) groups is 3. The van der Waals surface area contributed by atoms with Crippen molar-refractivity contribution >= 4 is 29.4 Å². The van der Waals surface area contributed by atoms with Crippen molar-refractivity contribution in [2.75, 3.05) is 6.54 Å². The number of carboxylic acid groups (broad SMARTS) is 1. The van der Waals surface area contributed by atoms with Gasteiger partial charge in [0.2, 0.25) is 5.91 Å². The van der Waals surface area contributed by atoms with Gasteiger partial charge in [0, 0.05) is 12.1 Å². The molecule has 0 fully saturated rings. The van der Waals surface area contributed by atoms with Crippen molar-refractivity contribution in [1.29, 1.82) is 0 Å². The molecular weight excluding hydrogens is 365 g/mol. The van der Waals surface area contributed by atoms with Crippen LogP contribution in [0.4, 0.5) is 4.39 Å². The van der Waals surface area contributed by atoms with Crippen molar-refractivity contribution in [2.45, 2.75) is 32.3 Å². The van der Waals surface area contributed by atoms with Crippen molar-refractivity contribution in [3.05, 3.63) is 47.3 Å². The summed E-state index contributed by atoms with van der Waals surface area (Å²) in [5.41, 5.74) is 0.436. The van der Waals surface area contributed by atoms with E-state index in [4.69, 9.17) is 16.3 Å². The molecule has 8 heteroatoms. The van der Waals surface area contributed by atoms with Crippen molar-refractivity contribution < 1.29 is 28.6 Å². The van der Waals surface area contributed by atoms with Crippen LogP contribution in [0.2, 0.25) is 5.02 Å². The fourth-order valence-corrected chi connectivity index (χ4v) is 2.39. The molecule has 0 radical (unpaired) electrons. The molecule has 0 saturated heterocycles. The van der Waals surface area contributed by atoms with E-state index in [2.05, 4.69) is 11.9 Å². The van der Waals surface area contributed by atoms with Crippen LogP contribution >= 0.6 is 11.6 Å². The number of unbranched alkanes of at least 4 members (excludes halogenated alkanes) is 1. The Labute approximate surface area is 156 Å². The summed E-state index contributed by atoms with van der Waals surface area (Å²) in [6.07, 6.45) is 2.29. The highest BCUT2D eigenvalue weighted by Crippen LogP contribution is 2.19. The molecule has 1 atom stereocenters. The number of esters is 1. The third kappa shape index (κ3) is 8.11. The Morgan fingerprint density at radius 2 is 2.08 bits per heavy atom. The highest BCUT2D eigenvalue weighted by atomic mass is 35.5. The predicted octanol–water partition coefficient (Wildman–Crippen LogP) is 3.09. The summed E-state index contributed by atoms with van der Waals surface area (Å²) in [4.78, 5) is 34.1. The number of aliphatic carboxylic acids is 1. The average Bonchev–Trinajstić information content (AvgIpc) is 2.59. The molecule has 26 heavy (non-hydrogen) atoms. The number of nitrogens with one attached hydrogen (secondary N) is 1. The Hall–Kier alpha value is -2.41. The predicted molar refractivity (Wildman–Crippen MR) is 94.0 cm³/mol. The highest BCUT2D eigenvalue weighted by molar-refractivity contribution is 6.31. The maximum Gasteiger partial charge on any atom is 0.307 e. The van der Waals surface area contributed by atoms with Crippen molar-refractivity contribution in [1.82, 2.24) is 5.32 Å². The maximum atomic E-state index is 13.0. The lowest BCUT2D eigenvalue weighted by Crippen LogP contribution is -2.23. The summed E-state index contributed by atoms with van der Waals surface area (Å²) in [5.74, 6) is -3.42. The zero-order valence-corrected chi connectivity index (χ0v) is 14.9. The lowest BCUT2D eigenvalue weighted by molar-refractivity contribution is -0.152. The molecule has 2 N–H and O–H groups in total. The second-order valence-electron chi connectivity index (χ2n) is 5.63. The molecule has 0 aromatic heterocycles. The van der Waals surface area contributed by atoms with Gasteiger partial charge in [-0.2, -0.15) is 0 Å². The lowest BCUT2D eigenvalue weighted by Gasteiger charge is -2.12. The first-order valence-electron chi connectivity index (χ1n) is 8.06. The molecule has 0 aliphatic heterocycles. The molecule has 1 aromatic rings. The molecule has 1 amide bonds. The van der Waals surface area contributed by atoms with Crippen LogP contribution in [0.1, 0.15) is 31.2 Å². The minimum atomic E-state index is -1.09. The lowest BCUT2D eigenvalue weighted by atomic mass is 9.98. The van der Waals surface area contributed by atoms with E-state index < -0.39 is 23.7 Å². The normalized spacial score (nSPS) is 11.5. The zero-order valence-electron chi connectivity index (χ0n) is 14.2. The minimum Gasteiger partial charge on any atom is -0.481 e. The van der Waals surface area contributed by atoms with Crippen LogP contribution in [-0.4, -0.2) is 29.5 Å². The van der Waals surface area contributed by atoms with Crippen LogP contribution in [0.5, 0.6) is 0 Å². The molecular formula is C18H21ClFNO5. The van der Waals surface area contributed by atoms with E-state index in [9.17, 15) is 23.9 Å². The van der Waals surface area contributed by atoms with E-state index in [1.165, 1.54) is 12.1 Å². The molecule has 0 bridgehead atoms. The van der Waals surface area contributed by atoms with E-state index in [-0.39, 0.29) is 30.4 Å². The Kier molecular flexibility index (Phi) is 9.36. The minimum absolute atomic E-state index is 0.133. The Morgan fingerprint density at radius 1 is 1.35 bits per heavy atom. The number of ether oxygens (including phenoxy) is 1. The number of carboxylic acids is 1.